The molecule has 1 amide bonds. The first-order chi connectivity index (χ1) is 10.9. The molecule has 7 heteroatoms. The minimum absolute atomic E-state index is 0.109. The summed E-state index contributed by atoms with van der Waals surface area (Å²) in [7, 11) is -3.54. The van der Waals surface area contributed by atoms with Gasteiger partial charge in [-0.05, 0) is 37.6 Å². The van der Waals surface area contributed by atoms with Crippen molar-refractivity contribution in [3.63, 3.8) is 0 Å². The van der Waals surface area contributed by atoms with Crippen molar-refractivity contribution >= 4 is 15.9 Å². The van der Waals surface area contributed by atoms with E-state index in [9.17, 15) is 13.2 Å². The van der Waals surface area contributed by atoms with E-state index in [0.717, 1.165) is 12.8 Å². The van der Waals surface area contributed by atoms with Crippen LogP contribution in [0.3, 0.4) is 0 Å². The maximum absolute atomic E-state index is 12.6. The first-order valence-corrected chi connectivity index (χ1v) is 9.39. The number of amides is 1. The predicted octanol–water partition coefficient (Wildman–Crippen LogP) is 1.63. The summed E-state index contributed by atoms with van der Waals surface area (Å²) in [6.07, 6.45) is 1.82. The number of sulfonamides is 1. The fourth-order valence-electron chi connectivity index (χ4n) is 2.41. The Labute approximate surface area is 137 Å². The number of nitrogens with zero attached hydrogens (tertiary/aromatic N) is 1. The second kappa shape index (κ2) is 7.90. The van der Waals surface area contributed by atoms with Crippen molar-refractivity contribution in [2.45, 2.75) is 37.7 Å². The Morgan fingerprint density at radius 2 is 2.04 bits per heavy atom. The van der Waals surface area contributed by atoms with E-state index in [0.29, 0.717) is 31.8 Å². The number of carbonyl (C=O) groups excluding carboxylic acids is 1. The van der Waals surface area contributed by atoms with Crippen LogP contribution in [0.5, 0.6) is 0 Å². The summed E-state index contributed by atoms with van der Waals surface area (Å²) in [5.74, 6) is -0.178. The molecule has 6 nitrogen and oxygen atoms in total. The van der Waals surface area contributed by atoms with Crippen molar-refractivity contribution in [2.24, 2.45) is 0 Å². The zero-order valence-corrected chi connectivity index (χ0v) is 14.4. The van der Waals surface area contributed by atoms with Crippen molar-refractivity contribution in [1.29, 1.82) is 0 Å². The second-order valence-corrected chi connectivity index (χ2v) is 7.62. The number of nitrogens with one attached hydrogen (secondary N) is 1. The molecule has 1 heterocycles. The van der Waals surface area contributed by atoms with Crippen LogP contribution in [0, 0.1) is 0 Å². The van der Waals surface area contributed by atoms with Crippen LogP contribution in [-0.4, -0.2) is 51.0 Å². The van der Waals surface area contributed by atoms with Crippen LogP contribution in [0.2, 0.25) is 0 Å². The Morgan fingerprint density at radius 1 is 1.35 bits per heavy atom. The molecule has 0 aliphatic carbocycles. The summed E-state index contributed by atoms with van der Waals surface area (Å²) in [4.78, 5) is 12.1. The molecule has 0 spiro atoms. The van der Waals surface area contributed by atoms with Gasteiger partial charge in [0.2, 0.25) is 10.0 Å². The Morgan fingerprint density at radius 3 is 2.65 bits per heavy atom. The normalized spacial score (nSPS) is 19.5. The SMILES string of the molecule is CCCCNC(=O)c1ccc(S(=O)(=O)N2CCOC(C)C2)cc1. The molecule has 1 aliphatic rings. The van der Waals surface area contributed by atoms with E-state index >= 15 is 0 Å². The van der Waals surface area contributed by atoms with E-state index in [2.05, 4.69) is 12.2 Å². The Hall–Kier alpha value is -1.44. The topological polar surface area (TPSA) is 75.7 Å². The summed E-state index contributed by atoms with van der Waals surface area (Å²) in [5, 5.41) is 2.81. The van der Waals surface area contributed by atoms with Crippen LogP contribution in [0.4, 0.5) is 0 Å². The molecule has 1 saturated heterocycles. The van der Waals surface area contributed by atoms with Gasteiger partial charge >= 0.3 is 0 Å². The van der Waals surface area contributed by atoms with E-state index in [4.69, 9.17) is 4.74 Å². The first-order valence-electron chi connectivity index (χ1n) is 7.95. The van der Waals surface area contributed by atoms with Crippen molar-refractivity contribution in [3.8, 4) is 0 Å². The van der Waals surface area contributed by atoms with Crippen LogP contribution in [0.1, 0.15) is 37.0 Å². The van der Waals surface area contributed by atoms with Gasteiger partial charge in [0, 0.05) is 25.2 Å². The molecular formula is C16H24N2O4S. The molecule has 0 bridgehead atoms. The number of hydrogen-bond acceptors (Lipinski definition) is 4. The van der Waals surface area contributed by atoms with Crippen molar-refractivity contribution in [3.05, 3.63) is 29.8 Å². The molecule has 1 aromatic rings. The lowest BCUT2D eigenvalue weighted by molar-refractivity contribution is 0.0102. The highest BCUT2D eigenvalue weighted by Gasteiger charge is 2.29. The third-order valence-corrected chi connectivity index (χ3v) is 5.65. The predicted molar refractivity (Wildman–Crippen MR) is 87.9 cm³/mol. The van der Waals surface area contributed by atoms with Crippen LogP contribution in [0.25, 0.3) is 0 Å². The fraction of sp³-hybridized carbons (Fsp3) is 0.562. The summed E-state index contributed by atoms with van der Waals surface area (Å²) < 4.78 is 32.0. The summed E-state index contributed by atoms with van der Waals surface area (Å²) in [6.45, 7) is 5.64. The van der Waals surface area contributed by atoms with E-state index < -0.39 is 10.0 Å². The number of hydrogen-bond donors (Lipinski definition) is 1. The molecule has 1 fully saturated rings. The molecule has 1 aliphatic heterocycles. The van der Waals surface area contributed by atoms with Crippen molar-refractivity contribution in [2.75, 3.05) is 26.2 Å². The molecule has 1 aromatic carbocycles. The highest BCUT2D eigenvalue weighted by atomic mass is 32.2. The van der Waals surface area contributed by atoms with Gasteiger partial charge in [-0.2, -0.15) is 4.31 Å². The molecule has 128 valence electrons. The highest BCUT2D eigenvalue weighted by molar-refractivity contribution is 7.89. The summed E-state index contributed by atoms with van der Waals surface area (Å²) >= 11 is 0. The number of unbranched alkanes of at least 4 members (excludes halogenated alkanes) is 1. The molecule has 0 radical (unpaired) electrons. The van der Waals surface area contributed by atoms with Crippen molar-refractivity contribution < 1.29 is 17.9 Å². The van der Waals surface area contributed by atoms with Gasteiger partial charge in [0.15, 0.2) is 0 Å². The zero-order valence-electron chi connectivity index (χ0n) is 13.6. The molecule has 1 N–H and O–H groups in total. The van der Waals surface area contributed by atoms with E-state index in [1.54, 1.807) is 12.1 Å². The van der Waals surface area contributed by atoms with Crippen molar-refractivity contribution in [1.82, 2.24) is 9.62 Å². The van der Waals surface area contributed by atoms with Gasteiger partial charge in [-0.3, -0.25) is 4.79 Å². The number of ether oxygens (including phenoxy) is 1. The van der Waals surface area contributed by atoms with Gasteiger partial charge in [0.25, 0.3) is 5.91 Å². The standard InChI is InChI=1S/C16H24N2O4S/c1-3-4-9-17-16(19)14-5-7-15(8-6-14)23(20,21)18-10-11-22-13(2)12-18/h5-8,13H,3-4,9-12H2,1-2H3,(H,17,19). The monoisotopic (exact) mass is 340 g/mol. The average molecular weight is 340 g/mol. The summed E-state index contributed by atoms with van der Waals surface area (Å²) in [5.41, 5.74) is 0.468. The lowest BCUT2D eigenvalue weighted by atomic mass is 10.2. The zero-order chi connectivity index (χ0) is 16.9. The maximum Gasteiger partial charge on any atom is 0.251 e. The van der Waals surface area contributed by atoms with Gasteiger partial charge in [0.1, 0.15) is 0 Å². The van der Waals surface area contributed by atoms with Crippen LogP contribution >= 0.6 is 0 Å². The lowest BCUT2D eigenvalue weighted by Gasteiger charge is -2.30. The van der Waals surface area contributed by atoms with Gasteiger partial charge in [-0.15, -0.1) is 0 Å². The number of morpholine rings is 1. The Kier molecular flexibility index (Phi) is 6.15. The molecule has 2 rings (SSSR count). The van der Waals surface area contributed by atoms with Gasteiger partial charge in [-0.25, -0.2) is 8.42 Å². The molecule has 1 unspecified atom stereocenters. The van der Waals surface area contributed by atoms with Gasteiger partial charge in [0.05, 0.1) is 17.6 Å². The molecule has 23 heavy (non-hydrogen) atoms. The van der Waals surface area contributed by atoms with Gasteiger partial charge < -0.3 is 10.1 Å². The van der Waals surface area contributed by atoms with E-state index in [1.807, 2.05) is 6.92 Å². The molecule has 0 aromatic heterocycles. The Balaban J connectivity index is 2.07. The smallest absolute Gasteiger partial charge is 0.251 e. The van der Waals surface area contributed by atoms with Gasteiger partial charge in [-0.1, -0.05) is 13.3 Å². The first kappa shape index (κ1) is 17.9. The largest absolute Gasteiger partial charge is 0.376 e. The third kappa shape index (κ3) is 4.53. The summed E-state index contributed by atoms with van der Waals surface area (Å²) in [6, 6.07) is 6.09. The Bertz CT molecular complexity index is 628. The number of carbonyl (C=O) groups is 1. The van der Waals surface area contributed by atoms with Crippen LogP contribution in [-0.2, 0) is 14.8 Å². The van der Waals surface area contributed by atoms with E-state index in [-0.39, 0.29) is 16.9 Å². The van der Waals surface area contributed by atoms with E-state index in [1.165, 1.54) is 16.4 Å². The lowest BCUT2D eigenvalue weighted by Crippen LogP contribution is -2.44. The number of benzene rings is 1. The van der Waals surface area contributed by atoms with Crippen LogP contribution < -0.4 is 5.32 Å². The maximum atomic E-state index is 12.6. The molecule has 0 saturated carbocycles. The van der Waals surface area contributed by atoms with Crippen LogP contribution in [0.15, 0.2) is 29.2 Å². The second-order valence-electron chi connectivity index (χ2n) is 5.68. The highest BCUT2D eigenvalue weighted by Crippen LogP contribution is 2.19. The third-order valence-electron chi connectivity index (χ3n) is 3.77. The quantitative estimate of drug-likeness (QED) is 0.799. The molecular weight excluding hydrogens is 316 g/mol. The average Bonchev–Trinajstić information content (AvgIpc) is 2.55. The molecule has 1 atom stereocenters. The minimum Gasteiger partial charge on any atom is -0.376 e. The minimum atomic E-state index is -3.54. The number of rotatable bonds is 6. The fourth-order valence-corrected chi connectivity index (χ4v) is 3.91.